The molecule has 0 aliphatic heterocycles. The topological polar surface area (TPSA) is 75.6 Å². The van der Waals surface area contributed by atoms with Gasteiger partial charge in [-0.1, -0.05) is 30.3 Å². The van der Waals surface area contributed by atoms with Gasteiger partial charge in [0.25, 0.3) is 0 Å². The second kappa shape index (κ2) is 9.74. The van der Waals surface area contributed by atoms with Crippen molar-refractivity contribution in [3.05, 3.63) is 60.2 Å². The molecule has 132 valence electrons. The molecule has 2 rings (SSSR count). The first-order valence-electron chi connectivity index (χ1n) is 8.00. The highest BCUT2D eigenvalue weighted by atomic mass is 32.2. The number of benzene rings is 2. The van der Waals surface area contributed by atoms with Gasteiger partial charge in [-0.3, -0.25) is 4.79 Å². The van der Waals surface area contributed by atoms with Gasteiger partial charge in [0.2, 0.25) is 5.91 Å². The minimum absolute atomic E-state index is 0.159. The Bertz CT molecular complexity index is 688. The molecule has 5 nitrogen and oxygen atoms in total. The molecule has 1 atom stereocenters. The molecule has 0 saturated carbocycles. The fraction of sp³-hybridized carbons (Fsp3) is 0.263. The van der Waals surface area contributed by atoms with Crippen LogP contribution in [-0.4, -0.2) is 35.4 Å². The Balaban J connectivity index is 1.85. The minimum Gasteiger partial charge on any atom is -0.494 e. The predicted octanol–water partition coefficient (Wildman–Crippen LogP) is 2.99. The number of carboxylic acid groups (broad SMARTS) is 1. The molecule has 25 heavy (non-hydrogen) atoms. The highest BCUT2D eigenvalue weighted by molar-refractivity contribution is 8.00. The summed E-state index contributed by atoms with van der Waals surface area (Å²) in [6, 6.07) is 15.8. The standard InChI is InChI=1S/C19H21NO4S/c1-2-24-15-8-10-16(11-9-15)25-13-18(21)20-17(19(22)23)12-14-6-4-3-5-7-14/h3-11,17H,2,12-13H2,1H3,(H,20,21)(H,22,23)/t17-/m1/s1. The van der Waals surface area contributed by atoms with Crippen LogP contribution in [0, 0.1) is 0 Å². The lowest BCUT2D eigenvalue weighted by molar-refractivity contribution is -0.141. The van der Waals surface area contributed by atoms with Gasteiger partial charge < -0.3 is 15.2 Å². The lowest BCUT2D eigenvalue weighted by atomic mass is 10.1. The third-order valence-corrected chi connectivity index (χ3v) is 4.43. The molecule has 0 heterocycles. The molecule has 0 fully saturated rings. The third-order valence-electron chi connectivity index (χ3n) is 3.42. The second-order valence-corrected chi connectivity index (χ2v) is 6.39. The quantitative estimate of drug-likeness (QED) is 0.673. The number of rotatable bonds is 9. The van der Waals surface area contributed by atoms with E-state index in [1.54, 1.807) is 0 Å². The molecule has 0 bridgehead atoms. The number of ether oxygens (including phenoxy) is 1. The van der Waals surface area contributed by atoms with Crippen LogP contribution >= 0.6 is 11.8 Å². The summed E-state index contributed by atoms with van der Waals surface area (Å²) in [4.78, 5) is 24.4. The lowest BCUT2D eigenvalue weighted by Gasteiger charge is -2.14. The van der Waals surface area contributed by atoms with Gasteiger partial charge in [-0.25, -0.2) is 4.79 Å². The summed E-state index contributed by atoms with van der Waals surface area (Å²) in [5.74, 6) is -0.400. The van der Waals surface area contributed by atoms with Crippen molar-refractivity contribution in [2.45, 2.75) is 24.3 Å². The highest BCUT2D eigenvalue weighted by Gasteiger charge is 2.20. The number of amides is 1. The average Bonchev–Trinajstić information content (AvgIpc) is 2.61. The van der Waals surface area contributed by atoms with Gasteiger partial charge in [-0.2, -0.15) is 0 Å². The molecule has 0 aromatic heterocycles. The van der Waals surface area contributed by atoms with Gasteiger partial charge in [-0.15, -0.1) is 11.8 Å². The minimum atomic E-state index is -1.04. The molecule has 0 radical (unpaired) electrons. The molecule has 0 saturated heterocycles. The van der Waals surface area contributed by atoms with E-state index in [-0.39, 0.29) is 18.1 Å². The Morgan fingerprint density at radius 3 is 2.40 bits per heavy atom. The average molecular weight is 359 g/mol. The van der Waals surface area contributed by atoms with Crippen molar-refractivity contribution in [3.63, 3.8) is 0 Å². The first kappa shape index (κ1) is 18.9. The lowest BCUT2D eigenvalue weighted by Crippen LogP contribution is -2.43. The Kier molecular flexibility index (Phi) is 7.35. The van der Waals surface area contributed by atoms with Crippen LogP contribution in [0.4, 0.5) is 0 Å². The zero-order chi connectivity index (χ0) is 18.1. The molecular formula is C19H21NO4S. The van der Waals surface area contributed by atoms with E-state index in [1.165, 1.54) is 11.8 Å². The largest absolute Gasteiger partial charge is 0.494 e. The molecule has 0 aliphatic carbocycles. The molecular weight excluding hydrogens is 338 g/mol. The number of hydrogen-bond donors (Lipinski definition) is 2. The van der Waals surface area contributed by atoms with Gasteiger partial charge in [0.05, 0.1) is 12.4 Å². The number of carboxylic acids is 1. The summed E-state index contributed by atoms with van der Waals surface area (Å²) in [5, 5.41) is 11.9. The van der Waals surface area contributed by atoms with Crippen molar-refractivity contribution < 1.29 is 19.4 Å². The SMILES string of the molecule is CCOc1ccc(SCC(=O)N[C@H](Cc2ccccc2)C(=O)O)cc1. The Morgan fingerprint density at radius 1 is 1.12 bits per heavy atom. The van der Waals surface area contributed by atoms with Crippen LogP contribution in [0.3, 0.4) is 0 Å². The summed E-state index contributed by atoms with van der Waals surface area (Å²) in [6.45, 7) is 2.52. The van der Waals surface area contributed by atoms with Gasteiger partial charge >= 0.3 is 5.97 Å². The van der Waals surface area contributed by atoms with Crippen molar-refractivity contribution in [3.8, 4) is 5.75 Å². The van der Waals surface area contributed by atoms with Crippen LogP contribution in [0.25, 0.3) is 0 Å². The maximum Gasteiger partial charge on any atom is 0.326 e. The van der Waals surface area contributed by atoms with Crippen molar-refractivity contribution in [2.75, 3.05) is 12.4 Å². The Labute approximate surface area is 151 Å². The molecule has 2 aromatic carbocycles. The zero-order valence-electron chi connectivity index (χ0n) is 14.0. The van der Waals surface area contributed by atoms with Crippen LogP contribution in [-0.2, 0) is 16.0 Å². The predicted molar refractivity (Wildman–Crippen MR) is 98.0 cm³/mol. The maximum absolute atomic E-state index is 12.1. The first-order valence-corrected chi connectivity index (χ1v) is 8.98. The van der Waals surface area contributed by atoms with E-state index in [0.29, 0.717) is 6.61 Å². The smallest absolute Gasteiger partial charge is 0.326 e. The van der Waals surface area contributed by atoms with Crippen molar-refractivity contribution in [2.24, 2.45) is 0 Å². The summed E-state index contributed by atoms with van der Waals surface area (Å²) in [6.07, 6.45) is 0.260. The van der Waals surface area contributed by atoms with E-state index in [4.69, 9.17) is 4.74 Å². The van der Waals surface area contributed by atoms with E-state index >= 15 is 0 Å². The number of carbonyl (C=O) groups is 2. The van der Waals surface area contributed by atoms with Gasteiger partial charge in [0.15, 0.2) is 0 Å². The van der Waals surface area contributed by atoms with Crippen LogP contribution in [0.2, 0.25) is 0 Å². The van der Waals surface area contributed by atoms with E-state index < -0.39 is 12.0 Å². The van der Waals surface area contributed by atoms with E-state index in [2.05, 4.69) is 5.32 Å². The molecule has 0 unspecified atom stereocenters. The molecule has 0 spiro atoms. The highest BCUT2D eigenvalue weighted by Crippen LogP contribution is 2.21. The van der Waals surface area contributed by atoms with Crippen molar-refractivity contribution in [1.82, 2.24) is 5.32 Å². The summed E-state index contributed by atoms with van der Waals surface area (Å²) in [7, 11) is 0. The first-order chi connectivity index (χ1) is 12.1. The Hall–Kier alpha value is -2.47. The fourth-order valence-electron chi connectivity index (χ4n) is 2.23. The summed E-state index contributed by atoms with van der Waals surface area (Å²) in [5.41, 5.74) is 0.870. The molecule has 6 heteroatoms. The normalized spacial score (nSPS) is 11.6. The number of aliphatic carboxylic acids is 1. The van der Waals surface area contributed by atoms with Crippen LogP contribution in [0.1, 0.15) is 12.5 Å². The van der Waals surface area contributed by atoms with Gasteiger partial charge in [-0.05, 0) is 36.8 Å². The molecule has 0 aliphatic rings. The molecule has 1 amide bonds. The van der Waals surface area contributed by atoms with Gasteiger partial charge in [0, 0.05) is 11.3 Å². The second-order valence-electron chi connectivity index (χ2n) is 5.34. The number of thioether (sulfide) groups is 1. The number of nitrogens with one attached hydrogen (secondary N) is 1. The molecule has 2 aromatic rings. The van der Waals surface area contributed by atoms with E-state index in [0.717, 1.165) is 16.2 Å². The monoisotopic (exact) mass is 359 g/mol. The van der Waals surface area contributed by atoms with Gasteiger partial charge in [0.1, 0.15) is 11.8 Å². The number of carbonyl (C=O) groups excluding carboxylic acids is 1. The fourth-order valence-corrected chi connectivity index (χ4v) is 2.94. The number of hydrogen-bond acceptors (Lipinski definition) is 4. The van der Waals surface area contributed by atoms with Crippen molar-refractivity contribution >= 4 is 23.6 Å². The molecule has 2 N–H and O–H groups in total. The summed E-state index contributed by atoms with van der Waals surface area (Å²) < 4.78 is 5.37. The van der Waals surface area contributed by atoms with Crippen LogP contribution < -0.4 is 10.1 Å². The zero-order valence-corrected chi connectivity index (χ0v) is 14.8. The van der Waals surface area contributed by atoms with Crippen LogP contribution in [0.5, 0.6) is 5.75 Å². The maximum atomic E-state index is 12.1. The van der Waals surface area contributed by atoms with Crippen LogP contribution in [0.15, 0.2) is 59.5 Å². The van der Waals surface area contributed by atoms with E-state index in [9.17, 15) is 14.7 Å². The third kappa shape index (κ3) is 6.51. The van der Waals surface area contributed by atoms with E-state index in [1.807, 2.05) is 61.5 Å². The summed E-state index contributed by atoms with van der Waals surface area (Å²) >= 11 is 1.35. The Morgan fingerprint density at radius 2 is 1.80 bits per heavy atom. The van der Waals surface area contributed by atoms with Crippen molar-refractivity contribution in [1.29, 1.82) is 0 Å².